The van der Waals surface area contributed by atoms with Gasteiger partial charge >= 0.3 is 0 Å². The van der Waals surface area contributed by atoms with Crippen LogP contribution in [-0.2, 0) is 0 Å². The molecule has 0 aliphatic heterocycles. The van der Waals surface area contributed by atoms with Crippen molar-refractivity contribution in [3.05, 3.63) is 57.6 Å². The fraction of sp³-hybridized carbons (Fsp3) is 0.133. The summed E-state index contributed by atoms with van der Waals surface area (Å²) in [5.41, 5.74) is 0.988. The van der Waals surface area contributed by atoms with Crippen LogP contribution in [0.15, 0.2) is 41.3 Å². The maximum absolute atomic E-state index is 12.6. The van der Waals surface area contributed by atoms with Crippen molar-refractivity contribution in [3.63, 3.8) is 0 Å². The van der Waals surface area contributed by atoms with Crippen molar-refractivity contribution in [1.82, 2.24) is 0 Å². The number of rotatable bonds is 4. The summed E-state index contributed by atoms with van der Waals surface area (Å²) in [6.45, 7) is 0. The first kappa shape index (κ1) is 15.2. The van der Waals surface area contributed by atoms with E-state index in [0.29, 0.717) is 26.9 Å². The lowest BCUT2D eigenvalue weighted by Gasteiger charge is -2.10. The number of halogens is 2. The third-order valence-corrected chi connectivity index (χ3v) is 4.24. The summed E-state index contributed by atoms with van der Waals surface area (Å²) >= 11 is 13.7. The zero-order valence-electron chi connectivity index (χ0n) is 10.9. The van der Waals surface area contributed by atoms with Gasteiger partial charge in [-0.05, 0) is 24.5 Å². The molecule has 0 aliphatic carbocycles. The summed E-state index contributed by atoms with van der Waals surface area (Å²) in [6.07, 6.45) is 1.93. The van der Waals surface area contributed by atoms with E-state index in [4.69, 9.17) is 27.9 Å². The van der Waals surface area contributed by atoms with Gasteiger partial charge in [-0.25, -0.2) is 0 Å². The number of carbonyl (C=O) groups is 1. The van der Waals surface area contributed by atoms with Crippen molar-refractivity contribution < 1.29 is 9.53 Å². The molecule has 0 unspecified atom stereocenters. The molecule has 0 aliphatic rings. The van der Waals surface area contributed by atoms with E-state index >= 15 is 0 Å². The monoisotopic (exact) mass is 326 g/mol. The Kier molecular flexibility index (Phi) is 4.97. The number of carbonyl (C=O) groups excluding carboxylic acids is 1. The lowest BCUT2D eigenvalue weighted by molar-refractivity contribution is 0.103. The van der Waals surface area contributed by atoms with Crippen molar-refractivity contribution in [2.45, 2.75) is 4.90 Å². The minimum absolute atomic E-state index is 0.149. The summed E-state index contributed by atoms with van der Waals surface area (Å²) in [5, 5.41) is 0.689. The molecule has 2 rings (SSSR count). The Balaban J connectivity index is 2.51. The summed E-state index contributed by atoms with van der Waals surface area (Å²) in [7, 11) is 1.50. The van der Waals surface area contributed by atoms with Crippen LogP contribution in [0.5, 0.6) is 5.75 Å². The van der Waals surface area contributed by atoms with Gasteiger partial charge in [0, 0.05) is 22.1 Å². The predicted octanol–water partition coefficient (Wildman–Crippen LogP) is 4.95. The molecular formula is C15H12Cl2O2S. The molecular weight excluding hydrogens is 315 g/mol. The second-order valence-electron chi connectivity index (χ2n) is 4.00. The average molecular weight is 327 g/mol. The van der Waals surface area contributed by atoms with Gasteiger partial charge in [0.05, 0.1) is 17.2 Å². The normalized spacial score (nSPS) is 10.4. The molecule has 0 saturated heterocycles. The van der Waals surface area contributed by atoms with E-state index < -0.39 is 0 Å². The Morgan fingerprint density at radius 3 is 2.45 bits per heavy atom. The Morgan fingerprint density at radius 1 is 1.10 bits per heavy atom. The molecule has 2 aromatic rings. The highest BCUT2D eigenvalue weighted by Gasteiger charge is 2.18. The molecule has 0 aromatic heterocycles. The molecule has 20 heavy (non-hydrogen) atoms. The Hall–Kier alpha value is -1.16. The lowest BCUT2D eigenvalue weighted by Crippen LogP contribution is -2.04. The second-order valence-corrected chi connectivity index (χ2v) is 5.66. The van der Waals surface area contributed by atoms with E-state index in [1.165, 1.54) is 18.9 Å². The van der Waals surface area contributed by atoms with E-state index in [1.54, 1.807) is 18.2 Å². The molecule has 0 heterocycles. The number of ether oxygens (including phenoxy) is 1. The van der Waals surface area contributed by atoms with Gasteiger partial charge in [-0.1, -0.05) is 35.3 Å². The van der Waals surface area contributed by atoms with Crippen molar-refractivity contribution in [1.29, 1.82) is 0 Å². The van der Waals surface area contributed by atoms with Gasteiger partial charge in [-0.2, -0.15) is 0 Å². The third-order valence-electron chi connectivity index (χ3n) is 2.84. The van der Waals surface area contributed by atoms with Crippen LogP contribution in [0.25, 0.3) is 0 Å². The lowest BCUT2D eigenvalue weighted by atomic mass is 10.0. The second kappa shape index (κ2) is 6.53. The molecule has 0 fully saturated rings. The van der Waals surface area contributed by atoms with Crippen LogP contribution in [0.3, 0.4) is 0 Å². The number of thioether (sulfide) groups is 1. The number of ketones is 1. The third kappa shape index (κ3) is 2.95. The Labute approximate surface area is 132 Å². The van der Waals surface area contributed by atoms with E-state index in [1.807, 2.05) is 24.5 Å². The van der Waals surface area contributed by atoms with Crippen LogP contribution in [0, 0.1) is 0 Å². The van der Waals surface area contributed by atoms with Gasteiger partial charge in [0.15, 0.2) is 5.78 Å². The molecule has 0 spiro atoms. The van der Waals surface area contributed by atoms with E-state index in [-0.39, 0.29) is 5.78 Å². The van der Waals surface area contributed by atoms with Gasteiger partial charge < -0.3 is 4.74 Å². The Morgan fingerprint density at radius 2 is 1.80 bits per heavy atom. The summed E-state index contributed by atoms with van der Waals surface area (Å²) in [5.74, 6) is 0.302. The Bertz CT molecular complexity index is 656. The topological polar surface area (TPSA) is 26.3 Å². The fourth-order valence-electron chi connectivity index (χ4n) is 1.84. The maximum Gasteiger partial charge on any atom is 0.195 e. The largest absolute Gasteiger partial charge is 0.495 e. The molecule has 0 radical (unpaired) electrons. The summed E-state index contributed by atoms with van der Waals surface area (Å²) in [4.78, 5) is 13.5. The fourth-order valence-corrected chi connectivity index (χ4v) is 2.91. The highest BCUT2D eigenvalue weighted by atomic mass is 35.5. The minimum atomic E-state index is -0.149. The highest BCUT2D eigenvalue weighted by Crippen LogP contribution is 2.33. The summed E-state index contributed by atoms with van der Waals surface area (Å²) < 4.78 is 5.08. The average Bonchev–Trinajstić information content (AvgIpc) is 2.48. The first-order chi connectivity index (χ1) is 9.58. The molecule has 0 amide bonds. The van der Waals surface area contributed by atoms with Crippen LogP contribution in [0.4, 0.5) is 0 Å². The molecule has 5 heteroatoms. The van der Waals surface area contributed by atoms with Crippen molar-refractivity contribution in [2.24, 2.45) is 0 Å². The van der Waals surface area contributed by atoms with Crippen LogP contribution >= 0.6 is 35.0 Å². The van der Waals surface area contributed by atoms with Crippen molar-refractivity contribution >= 4 is 40.7 Å². The quantitative estimate of drug-likeness (QED) is 0.587. The number of hydrogen-bond donors (Lipinski definition) is 0. The van der Waals surface area contributed by atoms with Crippen LogP contribution in [0.1, 0.15) is 15.9 Å². The number of methoxy groups -OCH3 is 1. The van der Waals surface area contributed by atoms with Gasteiger partial charge in [0.1, 0.15) is 5.75 Å². The van der Waals surface area contributed by atoms with E-state index in [2.05, 4.69) is 0 Å². The molecule has 0 bridgehead atoms. The van der Waals surface area contributed by atoms with Crippen LogP contribution < -0.4 is 4.74 Å². The number of benzene rings is 2. The van der Waals surface area contributed by atoms with Crippen LogP contribution in [-0.4, -0.2) is 19.1 Å². The van der Waals surface area contributed by atoms with Crippen LogP contribution in [0.2, 0.25) is 10.0 Å². The molecule has 104 valence electrons. The van der Waals surface area contributed by atoms with Gasteiger partial charge in [0.2, 0.25) is 0 Å². The maximum atomic E-state index is 12.6. The first-order valence-electron chi connectivity index (χ1n) is 5.79. The standard InChI is InChI=1S/C15H12Cl2O2S/c1-19-13-8-11(16)10(7-12(13)17)15(18)9-5-3-4-6-14(9)20-2/h3-8H,1-2H3. The predicted molar refractivity (Wildman–Crippen MR) is 84.7 cm³/mol. The van der Waals surface area contributed by atoms with Gasteiger partial charge in [-0.3, -0.25) is 4.79 Å². The molecule has 2 aromatic carbocycles. The van der Waals surface area contributed by atoms with Gasteiger partial charge in [-0.15, -0.1) is 11.8 Å². The molecule has 0 atom stereocenters. The number of hydrogen-bond acceptors (Lipinski definition) is 3. The minimum Gasteiger partial charge on any atom is -0.495 e. The van der Waals surface area contributed by atoms with Crippen molar-refractivity contribution in [3.8, 4) is 5.75 Å². The van der Waals surface area contributed by atoms with Gasteiger partial charge in [0.25, 0.3) is 0 Å². The summed E-state index contributed by atoms with van der Waals surface area (Å²) in [6, 6.07) is 10.5. The van der Waals surface area contributed by atoms with E-state index in [0.717, 1.165) is 4.90 Å². The SMILES string of the molecule is COc1cc(Cl)c(C(=O)c2ccccc2SC)cc1Cl. The smallest absolute Gasteiger partial charge is 0.195 e. The van der Waals surface area contributed by atoms with Crippen molar-refractivity contribution in [2.75, 3.05) is 13.4 Å². The van der Waals surface area contributed by atoms with E-state index in [9.17, 15) is 4.79 Å². The zero-order chi connectivity index (χ0) is 14.7. The molecule has 0 N–H and O–H groups in total. The zero-order valence-corrected chi connectivity index (χ0v) is 13.3. The first-order valence-corrected chi connectivity index (χ1v) is 7.77. The highest BCUT2D eigenvalue weighted by molar-refractivity contribution is 7.98. The molecule has 0 saturated carbocycles. The molecule has 2 nitrogen and oxygen atoms in total.